The number of hydrazone groups is 1. The highest BCUT2D eigenvalue weighted by Crippen LogP contribution is 2.24. The molecule has 0 fully saturated rings. The Morgan fingerprint density at radius 1 is 1.07 bits per heavy atom. The standard InChI is InChI=1S/C20H17ClN2O4/c1-25-17-9-14(10-18(11-17)26-2)20(24)23-22-12-16-6-7-19(27-16)13-4-3-5-15(21)8-13/h3-12H,1-2H3,(H,23,24)/b22-12-. The first-order valence-corrected chi connectivity index (χ1v) is 8.39. The van der Waals surface area contributed by atoms with Crippen LogP contribution in [0.3, 0.4) is 0 Å². The summed E-state index contributed by atoms with van der Waals surface area (Å²) < 4.78 is 16.0. The Morgan fingerprint density at radius 3 is 2.48 bits per heavy atom. The van der Waals surface area contributed by atoms with Crippen molar-refractivity contribution in [3.63, 3.8) is 0 Å². The number of nitrogens with zero attached hydrogens (tertiary/aromatic N) is 1. The van der Waals surface area contributed by atoms with Crippen LogP contribution < -0.4 is 14.9 Å². The molecule has 0 radical (unpaired) electrons. The van der Waals surface area contributed by atoms with Gasteiger partial charge in [0.25, 0.3) is 5.91 Å². The average Bonchev–Trinajstić information content (AvgIpc) is 3.16. The molecule has 6 nitrogen and oxygen atoms in total. The number of benzene rings is 2. The van der Waals surface area contributed by atoms with Crippen molar-refractivity contribution in [2.45, 2.75) is 0 Å². The highest BCUT2D eigenvalue weighted by molar-refractivity contribution is 6.30. The summed E-state index contributed by atoms with van der Waals surface area (Å²) in [5.41, 5.74) is 3.67. The molecule has 2 aromatic carbocycles. The molecule has 0 aliphatic heterocycles. The quantitative estimate of drug-likeness (QED) is 0.505. The van der Waals surface area contributed by atoms with Gasteiger partial charge in [-0.3, -0.25) is 4.79 Å². The first-order chi connectivity index (χ1) is 13.1. The lowest BCUT2D eigenvalue weighted by molar-refractivity contribution is 0.0954. The lowest BCUT2D eigenvalue weighted by Crippen LogP contribution is -2.17. The summed E-state index contributed by atoms with van der Waals surface area (Å²) in [6, 6.07) is 15.8. The van der Waals surface area contributed by atoms with E-state index in [1.807, 2.05) is 18.2 Å². The molecule has 0 spiro atoms. The van der Waals surface area contributed by atoms with Gasteiger partial charge in [0.15, 0.2) is 0 Å². The molecule has 1 amide bonds. The van der Waals surface area contributed by atoms with E-state index in [-0.39, 0.29) is 0 Å². The molecule has 1 N–H and O–H groups in total. The van der Waals surface area contributed by atoms with E-state index in [9.17, 15) is 4.79 Å². The molecule has 1 heterocycles. The van der Waals surface area contributed by atoms with Crippen molar-refractivity contribution in [1.82, 2.24) is 5.43 Å². The first kappa shape index (κ1) is 18.5. The zero-order valence-corrected chi connectivity index (χ0v) is 15.5. The predicted molar refractivity (Wildman–Crippen MR) is 104 cm³/mol. The number of hydrogen-bond donors (Lipinski definition) is 1. The molecule has 138 valence electrons. The fourth-order valence-electron chi connectivity index (χ4n) is 2.38. The maximum atomic E-state index is 12.3. The normalized spacial score (nSPS) is 10.8. The second-order valence-corrected chi connectivity index (χ2v) is 5.95. The number of methoxy groups -OCH3 is 2. The molecule has 0 saturated heterocycles. The number of hydrogen-bond acceptors (Lipinski definition) is 5. The molecule has 3 rings (SSSR count). The molecular weight excluding hydrogens is 368 g/mol. The molecule has 1 aromatic heterocycles. The van der Waals surface area contributed by atoms with Crippen LogP contribution in [0, 0.1) is 0 Å². The minimum atomic E-state index is -0.398. The van der Waals surface area contributed by atoms with Crippen molar-refractivity contribution in [3.8, 4) is 22.8 Å². The summed E-state index contributed by atoms with van der Waals surface area (Å²) >= 11 is 5.99. The second-order valence-electron chi connectivity index (χ2n) is 5.51. The molecule has 0 atom stereocenters. The Balaban J connectivity index is 1.68. The van der Waals surface area contributed by atoms with Crippen molar-refractivity contribution in [3.05, 3.63) is 70.9 Å². The second kappa shape index (κ2) is 8.42. The number of furan rings is 1. The van der Waals surface area contributed by atoms with Crippen LogP contribution in [0.5, 0.6) is 11.5 Å². The van der Waals surface area contributed by atoms with Crippen LogP contribution >= 0.6 is 11.6 Å². The van der Waals surface area contributed by atoms with Crippen LogP contribution in [-0.4, -0.2) is 26.3 Å². The molecule has 0 aliphatic carbocycles. The number of rotatable bonds is 6. The fourth-order valence-corrected chi connectivity index (χ4v) is 2.57. The van der Waals surface area contributed by atoms with Gasteiger partial charge in [-0.05, 0) is 36.4 Å². The van der Waals surface area contributed by atoms with E-state index < -0.39 is 5.91 Å². The van der Waals surface area contributed by atoms with Crippen molar-refractivity contribution in [1.29, 1.82) is 0 Å². The third-order valence-corrected chi connectivity index (χ3v) is 3.94. The van der Waals surface area contributed by atoms with E-state index in [0.29, 0.717) is 33.6 Å². The topological polar surface area (TPSA) is 73.1 Å². The van der Waals surface area contributed by atoms with Crippen LogP contribution in [0.25, 0.3) is 11.3 Å². The number of halogens is 1. The minimum Gasteiger partial charge on any atom is -0.497 e. The van der Waals surface area contributed by atoms with Crippen molar-refractivity contribution >= 4 is 23.7 Å². The van der Waals surface area contributed by atoms with Gasteiger partial charge in [0.1, 0.15) is 23.0 Å². The van der Waals surface area contributed by atoms with Gasteiger partial charge in [0.2, 0.25) is 0 Å². The van der Waals surface area contributed by atoms with Crippen LogP contribution in [0.2, 0.25) is 5.02 Å². The Morgan fingerprint density at radius 2 is 1.81 bits per heavy atom. The van der Waals surface area contributed by atoms with E-state index in [2.05, 4.69) is 10.5 Å². The molecule has 27 heavy (non-hydrogen) atoms. The Labute approximate surface area is 161 Å². The fraction of sp³-hybridized carbons (Fsp3) is 0.100. The molecule has 0 bridgehead atoms. The molecule has 0 unspecified atom stereocenters. The third kappa shape index (κ3) is 4.68. The predicted octanol–water partition coefficient (Wildman–Crippen LogP) is 4.38. The zero-order chi connectivity index (χ0) is 19.2. The summed E-state index contributed by atoms with van der Waals surface area (Å²) in [6.07, 6.45) is 1.42. The molecule has 0 saturated carbocycles. The highest BCUT2D eigenvalue weighted by atomic mass is 35.5. The van der Waals surface area contributed by atoms with Crippen molar-refractivity contribution < 1.29 is 18.7 Å². The van der Waals surface area contributed by atoms with E-state index in [1.165, 1.54) is 20.4 Å². The molecular formula is C20H17ClN2O4. The van der Waals surface area contributed by atoms with Gasteiger partial charge in [-0.1, -0.05) is 23.7 Å². The number of amides is 1. The van der Waals surface area contributed by atoms with Gasteiger partial charge in [-0.2, -0.15) is 5.10 Å². The zero-order valence-electron chi connectivity index (χ0n) is 14.7. The summed E-state index contributed by atoms with van der Waals surface area (Å²) in [6.45, 7) is 0. The van der Waals surface area contributed by atoms with Crippen molar-refractivity contribution in [2.24, 2.45) is 5.10 Å². The maximum absolute atomic E-state index is 12.3. The number of ether oxygens (including phenoxy) is 2. The van der Waals surface area contributed by atoms with Gasteiger partial charge in [-0.25, -0.2) is 5.43 Å². The summed E-state index contributed by atoms with van der Waals surface area (Å²) in [7, 11) is 3.03. The summed E-state index contributed by atoms with van der Waals surface area (Å²) in [5.74, 6) is 1.78. The summed E-state index contributed by atoms with van der Waals surface area (Å²) in [4.78, 5) is 12.3. The van der Waals surface area contributed by atoms with Gasteiger partial charge in [-0.15, -0.1) is 0 Å². The molecule has 3 aromatic rings. The van der Waals surface area contributed by atoms with E-state index in [0.717, 1.165) is 5.56 Å². The van der Waals surface area contributed by atoms with E-state index in [4.69, 9.17) is 25.5 Å². The van der Waals surface area contributed by atoms with E-state index >= 15 is 0 Å². The van der Waals surface area contributed by atoms with E-state index in [1.54, 1.807) is 36.4 Å². The third-order valence-electron chi connectivity index (χ3n) is 3.71. The monoisotopic (exact) mass is 384 g/mol. The Bertz CT molecular complexity index is 959. The highest BCUT2D eigenvalue weighted by Gasteiger charge is 2.09. The van der Waals surface area contributed by atoms with Crippen LogP contribution in [-0.2, 0) is 0 Å². The minimum absolute atomic E-state index is 0.363. The lowest BCUT2D eigenvalue weighted by atomic mass is 10.2. The Kier molecular flexibility index (Phi) is 5.78. The van der Waals surface area contributed by atoms with Gasteiger partial charge in [0, 0.05) is 22.2 Å². The van der Waals surface area contributed by atoms with Crippen LogP contribution in [0.4, 0.5) is 0 Å². The van der Waals surface area contributed by atoms with Gasteiger partial charge in [0.05, 0.1) is 20.4 Å². The number of carbonyl (C=O) groups is 1. The van der Waals surface area contributed by atoms with Gasteiger partial charge < -0.3 is 13.9 Å². The van der Waals surface area contributed by atoms with Gasteiger partial charge >= 0.3 is 0 Å². The number of nitrogens with one attached hydrogen (secondary N) is 1. The van der Waals surface area contributed by atoms with Crippen LogP contribution in [0.15, 0.2) is 64.1 Å². The van der Waals surface area contributed by atoms with Crippen LogP contribution in [0.1, 0.15) is 16.1 Å². The van der Waals surface area contributed by atoms with Crippen molar-refractivity contribution in [2.75, 3.05) is 14.2 Å². The maximum Gasteiger partial charge on any atom is 0.271 e. The largest absolute Gasteiger partial charge is 0.497 e. The Hall–Kier alpha value is -3.25. The summed E-state index contributed by atoms with van der Waals surface area (Å²) in [5, 5.41) is 4.55. The SMILES string of the molecule is COc1cc(OC)cc(C(=O)N/N=C\c2ccc(-c3cccc(Cl)c3)o2)c1. The molecule has 0 aliphatic rings. The first-order valence-electron chi connectivity index (χ1n) is 8.01. The number of carbonyl (C=O) groups excluding carboxylic acids is 1. The smallest absolute Gasteiger partial charge is 0.271 e. The average molecular weight is 385 g/mol. The molecule has 7 heteroatoms. The lowest BCUT2D eigenvalue weighted by Gasteiger charge is -2.07.